The molecule has 1 fully saturated rings. The van der Waals surface area contributed by atoms with E-state index < -0.39 is 0 Å². The molecule has 0 spiro atoms. The van der Waals surface area contributed by atoms with E-state index in [2.05, 4.69) is 32.2 Å². The lowest BCUT2D eigenvalue weighted by Gasteiger charge is -2.32. The van der Waals surface area contributed by atoms with E-state index >= 15 is 0 Å². The summed E-state index contributed by atoms with van der Waals surface area (Å²) in [6.45, 7) is 2.74. The normalized spacial score (nSPS) is 15.4. The Hall–Kier alpha value is -3.09. The number of carbonyl (C=O) groups is 1. The summed E-state index contributed by atoms with van der Waals surface area (Å²) in [6, 6.07) is 15.5. The van der Waals surface area contributed by atoms with Gasteiger partial charge in [-0.05, 0) is 67.2 Å². The first kappa shape index (κ1) is 19.8. The maximum atomic E-state index is 13.0. The lowest BCUT2D eigenvalue weighted by molar-refractivity contribution is 0.103. The number of pyridine rings is 2. The number of rotatable bonds is 5. The molecule has 0 radical (unpaired) electrons. The van der Waals surface area contributed by atoms with Crippen molar-refractivity contribution in [2.75, 3.05) is 13.1 Å². The molecule has 6 nitrogen and oxygen atoms in total. The second-order valence-electron chi connectivity index (χ2n) is 7.95. The zero-order valence-corrected chi connectivity index (χ0v) is 17.7. The van der Waals surface area contributed by atoms with Gasteiger partial charge in [0.15, 0.2) is 5.65 Å². The zero-order chi connectivity index (χ0) is 21.2. The topological polar surface area (TPSA) is 63.4 Å². The predicted molar refractivity (Wildman–Crippen MR) is 119 cm³/mol. The van der Waals surface area contributed by atoms with Gasteiger partial charge in [-0.25, -0.2) is 0 Å². The third kappa shape index (κ3) is 4.22. The second-order valence-corrected chi connectivity index (χ2v) is 8.39. The molecule has 0 saturated carbocycles. The summed E-state index contributed by atoms with van der Waals surface area (Å²) in [5.41, 5.74) is 4.37. The Bertz CT molecular complexity index is 1210. The lowest BCUT2D eigenvalue weighted by Crippen LogP contribution is -2.33. The number of hydrogen-bond acceptors (Lipinski definition) is 5. The van der Waals surface area contributed by atoms with Crippen LogP contribution in [0, 0.1) is 0 Å². The highest BCUT2D eigenvalue weighted by atomic mass is 35.5. The molecule has 3 aromatic heterocycles. The number of hydrogen-bond donors (Lipinski definition) is 0. The van der Waals surface area contributed by atoms with Crippen LogP contribution in [-0.4, -0.2) is 43.4 Å². The van der Waals surface area contributed by atoms with Gasteiger partial charge in [-0.1, -0.05) is 35.9 Å². The average Bonchev–Trinajstić information content (AvgIpc) is 3.28. The number of carbonyl (C=O) groups excluding carboxylic acids is 1. The van der Waals surface area contributed by atoms with Crippen LogP contribution in [0.3, 0.4) is 0 Å². The molecule has 31 heavy (non-hydrogen) atoms. The molecule has 4 heterocycles. The first-order valence-corrected chi connectivity index (χ1v) is 10.8. The quantitative estimate of drug-likeness (QED) is 0.438. The minimum atomic E-state index is -0.0660. The monoisotopic (exact) mass is 431 g/mol. The van der Waals surface area contributed by atoms with Crippen LogP contribution in [0.5, 0.6) is 0 Å². The Morgan fingerprint density at radius 1 is 1.10 bits per heavy atom. The van der Waals surface area contributed by atoms with Crippen LogP contribution in [0.25, 0.3) is 5.65 Å². The molecule has 7 heteroatoms. The number of aromatic nitrogens is 4. The maximum absolute atomic E-state index is 13.0. The molecule has 5 rings (SSSR count). The summed E-state index contributed by atoms with van der Waals surface area (Å²) in [4.78, 5) is 19.6. The molecule has 4 aromatic rings. The van der Waals surface area contributed by atoms with Crippen LogP contribution in [-0.2, 0) is 6.54 Å². The van der Waals surface area contributed by atoms with Gasteiger partial charge in [-0.15, -0.1) is 10.2 Å². The van der Waals surface area contributed by atoms with Crippen molar-refractivity contribution >= 4 is 23.0 Å². The second kappa shape index (κ2) is 8.57. The molecule has 1 aliphatic rings. The summed E-state index contributed by atoms with van der Waals surface area (Å²) in [5.74, 6) is 0.455. The Balaban J connectivity index is 1.27. The zero-order valence-electron chi connectivity index (χ0n) is 17.0. The van der Waals surface area contributed by atoms with Gasteiger partial charge in [-0.2, -0.15) is 0 Å². The van der Waals surface area contributed by atoms with Gasteiger partial charge in [0.2, 0.25) is 5.78 Å². The predicted octanol–water partition coefficient (Wildman–Crippen LogP) is 4.39. The summed E-state index contributed by atoms with van der Waals surface area (Å²) < 4.78 is 1.93. The molecule has 1 aromatic carbocycles. The van der Waals surface area contributed by atoms with Crippen molar-refractivity contribution in [2.45, 2.75) is 25.3 Å². The van der Waals surface area contributed by atoms with Crippen LogP contribution >= 0.6 is 11.6 Å². The molecular weight excluding hydrogens is 410 g/mol. The Labute approximate surface area is 185 Å². The highest BCUT2D eigenvalue weighted by molar-refractivity contribution is 6.30. The molecule has 0 unspecified atom stereocenters. The lowest BCUT2D eigenvalue weighted by atomic mass is 9.89. The molecule has 1 aliphatic heterocycles. The van der Waals surface area contributed by atoms with Crippen LogP contribution in [0.15, 0.2) is 67.3 Å². The highest BCUT2D eigenvalue weighted by Crippen LogP contribution is 2.29. The molecule has 156 valence electrons. The van der Waals surface area contributed by atoms with Crippen molar-refractivity contribution in [3.63, 3.8) is 0 Å². The van der Waals surface area contributed by atoms with E-state index in [0.29, 0.717) is 22.2 Å². The fourth-order valence-electron chi connectivity index (χ4n) is 4.28. The third-order valence-corrected chi connectivity index (χ3v) is 6.22. The minimum absolute atomic E-state index is 0.0660. The number of halogens is 1. The van der Waals surface area contributed by atoms with Crippen LogP contribution in [0.4, 0.5) is 0 Å². The standard InChI is InChI=1S/C24H22ClN5O/c25-20-5-6-22(26-14-20)24(31)21-4-2-1-3-19(21)15-29-10-7-17(8-11-29)18-9-12-30-16-27-28-23(30)13-18/h1-6,9,12-14,16-17H,7-8,10-11,15H2. The maximum Gasteiger partial charge on any atom is 0.211 e. The van der Waals surface area contributed by atoms with E-state index in [1.54, 1.807) is 18.5 Å². The van der Waals surface area contributed by atoms with Gasteiger partial charge >= 0.3 is 0 Å². The molecule has 1 saturated heterocycles. The van der Waals surface area contributed by atoms with Crippen molar-refractivity contribution in [1.29, 1.82) is 0 Å². The van der Waals surface area contributed by atoms with Gasteiger partial charge < -0.3 is 0 Å². The molecular formula is C24H22ClN5O. The van der Waals surface area contributed by atoms with Crippen LogP contribution in [0.2, 0.25) is 5.02 Å². The van der Waals surface area contributed by atoms with Crippen molar-refractivity contribution in [1.82, 2.24) is 24.5 Å². The number of piperidine rings is 1. The third-order valence-electron chi connectivity index (χ3n) is 6.00. The summed E-state index contributed by atoms with van der Waals surface area (Å²) in [6.07, 6.45) is 7.43. The summed E-state index contributed by atoms with van der Waals surface area (Å²) >= 11 is 5.91. The number of ketones is 1. The van der Waals surface area contributed by atoms with E-state index in [4.69, 9.17) is 11.6 Å². The fourth-order valence-corrected chi connectivity index (χ4v) is 4.39. The molecule has 0 atom stereocenters. The van der Waals surface area contributed by atoms with Crippen molar-refractivity contribution in [2.24, 2.45) is 0 Å². The highest BCUT2D eigenvalue weighted by Gasteiger charge is 2.23. The molecule has 0 amide bonds. The smallest absolute Gasteiger partial charge is 0.211 e. The summed E-state index contributed by atoms with van der Waals surface area (Å²) in [5, 5.41) is 8.64. The SMILES string of the molecule is O=C(c1ccc(Cl)cn1)c1ccccc1CN1CCC(c2ccn3cnnc3c2)CC1. The Morgan fingerprint density at radius 3 is 2.74 bits per heavy atom. The summed E-state index contributed by atoms with van der Waals surface area (Å²) in [7, 11) is 0. The number of fused-ring (bicyclic) bond motifs is 1. The minimum Gasteiger partial charge on any atom is -0.299 e. The Kier molecular flexibility index (Phi) is 5.49. The molecule has 0 N–H and O–H groups in total. The van der Waals surface area contributed by atoms with Gasteiger partial charge in [0.1, 0.15) is 12.0 Å². The van der Waals surface area contributed by atoms with Crippen molar-refractivity contribution in [3.8, 4) is 0 Å². The number of likely N-dealkylation sites (tertiary alicyclic amines) is 1. The van der Waals surface area contributed by atoms with Gasteiger partial charge in [0, 0.05) is 24.5 Å². The average molecular weight is 432 g/mol. The molecule has 0 aliphatic carbocycles. The van der Waals surface area contributed by atoms with Gasteiger partial charge in [0.05, 0.1) is 5.02 Å². The van der Waals surface area contributed by atoms with Gasteiger partial charge in [0.25, 0.3) is 0 Å². The van der Waals surface area contributed by atoms with E-state index in [-0.39, 0.29) is 5.78 Å². The van der Waals surface area contributed by atoms with E-state index in [1.165, 1.54) is 11.8 Å². The van der Waals surface area contributed by atoms with E-state index in [1.807, 2.05) is 34.9 Å². The van der Waals surface area contributed by atoms with E-state index in [0.717, 1.165) is 43.7 Å². The fraction of sp³-hybridized carbons (Fsp3) is 0.250. The first-order valence-electron chi connectivity index (χ1n) is 10.4. The number of benzene rings is 1. The van der Waals surface area contributed by atoms with Crippen LogP contribution in [0.1, 0.15) is 45.9 Å². The van der Waals surface area contributed by atoms with Gasteiger partial charge in [-0.3, -0.25) is 19.1 Å². The Morgan fingerprint density at radius 2 is 1.94 bits per heavy atom. The van der Waals surface area contributed by atoms with E-state index in [9.17, 15) is 4.79 Å². The largest absolute Gasteiger partial charge is 0.299 e. The van der Waals surface area contributed by atoms with Crippen molar-refractivity contribution in [3.05, 3.63) is 94.7 Å². The molecule has 0 bridgehead atoms. The number of nitrogens with zero attached hydrogens (tertiary/aromatic N) is 5. The van der Waals surface area contributed by atoms with Crippen molar-refractivity contribution < 1.29 is 4.79 Å². The van der Waals surface area contributed by atoms with Crippen LogP contribution < -0.4 is 0 Å². The first-order chi connectivity index (χ1) is 15.2.